The van der Waals surface area contributed by atoms with Crippen molar-refractivity contribution < 1.29 is 5.11 Å². The Kier molecular flexibility index (Phi) is 6.26. The Morgan fingerprint density at radius 1 is 0.528 bits per heavy atom. The average Bonchev–Trinajstić information content (AvgIpc) is 2.91. The number of nitrogens with one attached hydrogen (secondary N) is 1. The molecule has 0 heterocycles. The highest BCUT2D eigenvalue weighted by Gasteiger charge is 2.22. The van der Waals surface area contributed by atoms with E-state index in [9.17, 15) is 5.11 Å². The molecule has 0 radical (unpaired) electrons. The fraction of sp³-hybridized carbons (Fsp3) is 0.125. The van der Waals surface area contributed by atoms with Crippen molar-refractivity contribution in [3.63, 3.8) is 0 Å². The number of hydrogen-bond donors (Lipinski definition) is 2. The SMILES string of the molecule is CN(C)c1ccc(-c2c(-c3ccc(N(C)C)cc3)c(Nc3ccccc3)c3ccccc3c2O)cc1. The van der Waals surface area contributed by atoms with Crippen LogP contribution in [0.3, 0.4) is 0 Å². The number of rotatable bonds is 6. The second-order valence-corrected chi connectivity index (χ2v) is 9.39. The van der Waals surface area contributed by atoms with Gasteiger partial charge in [-0.1, -0.05) is 66.7 Å². The van der Waals surface area contributed by atoms with Gasteiger partial charge in [-0.2, -0.15) is 0 Å². The van der Waals surface area contributed by atoms with Gasteiger partial charge < -0.3 is 20.2 Å². The van der Waals surface area contributed by atoms with E-state index in [0.717, 1.165) is 55.8 Å². The van der Waals surface area contributed by atoms with Gasteiger partial charge in [0.05, 0.1) is 5.69 Å². The van der Waals surface area contributed by atoms with Crippen LogP contribution >= 0.6 is 0 Å². The van der Waals surface area contributed by atoms with E-state index < -0.39 is 0 Å². The van der Waals surface area contributed by atoms with Gasteiger partial charge >= 0.3 is 0 Å². The van der Waals surface area contributed by atoms with Gasteiger partial charge in [0.15, 0.2) is 0 Å². The van der Waals surface area contributed by atoms with Gasteiger partial charge in [0.2, 0.25) is 0 Å². The van der Waals surface area contributed by atoms with E-state index in [0.29, 0.717) is 0 Å². The molecule has 0 fully saturated rings. The molecule has 4 nitrogen and oxygen atoms in total. The molecule has 0 aliphatic heterocycles. The van der Waals surface area contributed by atoms with Gasteiger partial charge in [-0.3, -0.25) is 0 Å². The summed E-state index contributed by atoms with van der Waals surface area (Å²) in [6.45, 7) is 0. The molecule has 180 valence electrons. The van der Waals surface area contributed by atoms with E-state index in [1.54, 1.807) is 0 Å². The van der Waals surface area contributed by atoms with Crippen molar-refractivity contribution in [1.29, 1.82) is 0 Å². The number of benzene rings is 5. The first-order valence-electron chi connectivity index (χ1n) is 12.1. The summed E-state index contributed by atoms with van der Waals surface area (Å²) in [4.78, 5) is 4.17. The number of anilines is 4. The Bertz CT molecular complexity index is 1490. The van der Waals surface area contributed by atoms with Crippen molar-refractivity contribution in [2.75, 3.05) is 43.3 Å². The van der Waals surface area contributed by atoms with Gasteiger partial charge in [0.25, 0.3) is 0 Å². The van der Waals surface area contributed by atoms with Crippen molar-refractivity contribution in [2.45, 2.75) is 0 Å². The third-order valence-electron chi connectivity index (χ3n) is 6.58. The summed E-state index contributed by atoms with van der Waals surface area (Å²) in [6, 6.07) is 35.1. The highest BCUT2D eigenvalue weighted by molar-refractivity contribution is 6.13. The van der Waals surface area contributed by atoms with E-state index in [1.165, 1.54) is 0 Å². The number of hydrogen-bond acceptors (Lipinski definition) is 4. The van der Waals surface area contributed by atoms with Crippen LogP contribution in [0.1, 0.15) is 0 Å². The molecule has 5 rings (SSSR count). The minimum Gasteiger partial charge on any atom is -0.507 e. The Balaban J connectivity index is 1.84. The summed E-state index contributed by atoms with van der Waals surface area (Å²) in [5.41, 5.74) is 7.98. The zero-order valence-electron chi connectivity index (χ0n) is 21.2. The fourth-order valence-electron chi connectivity index (χ4n) is 4.64. The van der Waals surface area contributed by atoms with Crippen LogP contribution in [0, 0.1) is 0 Å². The van der Waals surface area contributed by atoms with Crippen molar-refractivity contribution in [1.82, 2.24) is 0 Å². The number of aromatic hydroxyl groups is 1. The standard InChI is InChI=1S/C32H31N3O/c1-34(2)25-18-14-22(15-19-25)29-30(23-16-20-26(21-17-23)35(3)4)32(36)28-13-9-8-12-27(28)31(29)33-24-10-6-5-7-11-24/h5-21,33,36H,1-4H3. The molecule has 0 aliphatic carbocycles. The van der Waals surface area contributed by atoms with Crippen LogP contribution in [-0.4, -0.2) is 33.3 Å². The molecular weight excluding hydrogens is 442 g/mol. The van der Waals surface area contributed by atoms with Crippen molar-refractivity contribution in [2.24, 2.45) is 0 Å². The number of phenolic OH excluding ortho intramolecular Hbond substituents is 1. The minimum absolute atomic E-state index is 0.286. The van der Waals surface area contributed by atoms with Gasteiger partial charge in [0, 0.05) is 67.2 Å². The van der Waals surface area contributed by atoms with Crippen LogP contribution in [-0.2, 0) is 0 Å². The molecule has 4 heteroatoms. The van der Waals surface area contributed by atoms with Crippen molar-refractivity contribution in [3.8, 4) is 28.0 Å². The van der Waals surface area contributed by atoms with Gasteiger partial charge in [-0.25, -0.2) is 0 Å². The van der Waals surface area contributed by atoms with Crippen LogP contribution in [0.4, 0.5) is 22.7 Å². The van der Waals surface area contributed by atoms with Gasteiger partial charge in [0.1, 0.15) is 5.75 Å². The Morgan fingerprint density at radius 2 is 1.00 bits per heavy atom. The Morgan fingerprint density at radius 3 is 1.53 bits per heavy atom. The fourth-order valence-corrected chi connectivity index (χ4v) is 4.64. The molecule has 5 aromatic rings. The summed E-state index contributed by atoms with van der Waals surface area (Å²) in [6.07, 6.45) is 0. The molecule has 0 amide bonds. The second kappa shape index (κ2) is 9.67. The van der Waals surface area contributed by atoms with Crippen LogP contribution in [0.5, 0.6) is 5.75 Å². The van der Waals surface area contributed by atoms with E-state index >= 15 is 0 Å². The highest BCUT2D eigenvalue weighted by atomic mass is 16.3. The molecule has 0 aromatic heterocycles. The zero-order valence-corrected chi connectivity index (χ0v) is 21.2. The first kappa shape index (κ1) is 23.3. The molecule has 0 spiro atoms. The largest absolute Gasteiger partial charge is 0.507 e. The Hall–Kier alpha value is -4.44. The van der Waals surface area contributed by atoms with Crippen molar-refractivity contribution in [3.05, 3.63) is 103 Å². The third kappa shape index (κ3) is 4.34. The summed E-state index contributed by atoms with van der Waals surface area (Å²) in [7, 11) is 8.14. The van der Waals surface area contributed by atoms with Crippen LogP contribution in [0.25, 0.3) is 33.0 Å². The van der Waals surface area contributed by atoms with Crippen LogP contribution in [0.15, 0.2) is 103 Å². The van der Waals surface area contributed by atoms with Crippen LogP contribution < -0.4 is 15.1 Å². The molecule has 0 unspecified atom stereocenters. The lowest BCUT2D eigenvalue weighted by molar-refractivity contribution is 0.484. The average molecular weight is 474 g/mol. The molecule has 5 aromatic carbocycles. The normalized spacial score (nSPS) is 10.9. The zero-order chi connectivity index (χ0) is 25.2. The highest BCUT2D eigenvalue weighted by Crippen LogP contribution is 2.50. The Labute approximate surface area is 213 Å². The first-order valence-corrected chi connectivity index (χ1v) is 12.1. The smallest absolute Gasteiger partial charge is 0.132 e. The number of phenols is 1. The number of fused-ring (bicyclic) bond motifs is 1. The lowest BCUT2D eigenvalue weighted by Gasteiger charge is -2.23. The van der Waals surface area contributed by atoms with Gasteiger partial charge in [-0.05, 0) is 47.5 Å². The predicted molar refractivity (Wildman–Crippen MR) is 155 cm³/mol. The molecule has 0 saturated heterocycles. The maximum absolute atomic E-state index is 11.7. The molecule has 0 saturated carbocycles. The van der Waals surface area contributed by atoms with E-state index in [-0.39, 0.29) is 5.75 Å². The predicted octanol–water partition coefficient (Wildman–Crippen LogP) is 7.76. The maximum Gasteiger partial charge on any atom is 0.132 e. The first-order chi connectivity index (χ1) is 17.4. The second-order valence-electron chi connectivity index (χ2n) is 9.39. The maximum atomic E-state index is 11.7. The summed E-state index contributed by atoms with van der Waals surface area (Å²) in [5, 5.41) is 17.2. The summed E-state index contributed by atoms with van der Waals surface area (Å²) < 4.78 is 0. The van der Waals surface area contributed by atoms with E-state index in [2.05, 4.69) is 81.8 Å². The molecule has 0 bridgehead atoms. The molecule has 0 aliphatic rings. The van der Waals surface area contributed by atoms with Gasteiger partial charge in [-0.15, -0.1) is 0 Å². The third-order valence-corrected chi connectivity index (χ3v) is 6.58. The van der Waals surface area contributed by atoms with E-state index in [4.69, 9.17) is 0 Å². The molecule has 2 N–H and O–H groups in total. The quantitative estimate of drug-likeness (QED) is 0.247. The monoisotopic (exact) mass is 473 g/mol. The molecular formula is C32H31N3O. The summed E-state index contributed by atoms with van der Waals surface area (Å²) >= 11 is 0. The number of para-hydroxylation sites is 1. The number of nitrogens with zero attached hydrogens (tertiary/aromatic N) is 2. The van der Waals surface area contributed by atoms with Crippen LogP contribution in [0.2, 0.25) is 0 Å². The lowest BCUT2D eigenvalue weighted by atomic mass is 9.88. The minimum atomic E-state index is 0.286. The molecule has 36 heavy (non-hydrogen) atoms. The summed E-state index contributed by atoms with van der Waals surface area (Å²) in [5.74, 6) is 0.286. The lowest BCUT2D eigenvalue weighted by Crippen LogP contribution is -2.08. The van der Waals surface area contributed by atoms with Crippen molar-refractivity contribution >= 4 is 33.5 Å². The van der Waals surface area contributed by atoms with E-state index in [1.807, 2.05) is 64.6 Å². The topological polar surface area (TPSA) is 38.7 Å². The molecule has 0 atom stereocenters.